The molecule has 1 aliphatic carbocycles. The zero-order valence-electron chi connectivity index (χ0n) is 9.07. The highest BCUT2D eigenvalue weighted by molar-refractivity contribution is 6.99. The summed E-state index contributed by atoms with van der Waals surface area (Å²) in [5.74, 6) is 0. The van der Waals surface area contributed by atoms with Crippen molar-refractivity contribution in [1.29, 1.82) is 0 Å². The number of likely N-dealkylation sites (N-methyl/N-ethyl adjacent to an activating group) is 1. The number of hydrogen-bond acceptors (Lipinski definition) is 4. The van der Waals surface area contributed by atoms with Gasteiger partial charge in [0, 0.05) is 0 Å². The molecule has 1 heterocycles. The number of allylic oxidation sites excluding steroid dienone is 1. The maximum Gasteiger partial charge on any atom is 0.0954 e. The van der Waals surface area contributed by atoms with E-state index in [1.54, 1.807) is 0 Å². The lowest BCUT2D eigenvalue weighted by atomic mass is 9.92. The van der Waals surface area contributed by atoms with Crippen molar-refractivity contribution < 1.29 is 0 Å². The fraction of sp³-hybridized carbons (Fsp3) is 0.636. The molecule has 2 rings (SSSR count). The molecule has 1 atom stereocenters. The van der Waals surface area contributed by atoms with Gasteiger partial charge in [0.05, 0.1) is 29.7 Å². The third-order valence-corrected chi connectivity index (χ3v) is 3.27. The first-order chi connectivity index (χ1) is 7.42. The van der Waals surface area contributed by atoms with Crippen molar-refractivity contribution in [2.75, 3.05) is 6.54 Å². The van der Waals surface area contributed by atoms with E-state index >= 15 is 0 Å². The normalized spacial score (nSPS) is 18.6. The van der Waals surface area contributed by atoms with E-state index in [2.05, 4.69) is 27.1 Å². The summed E-state index contributed by atoms with van der Waals surface area (Å²) < 4.78 is 8.42. The van der Waals surface area contributed by atoms with Crippen LogP contribution in [0.4, 0.5) is 0 Å². The van der Waals surface area contributed by atoms with E-state index in [4.69, 9.17) is 0 Å². The average molecular weight is 223 g/mol. The van der Waals surface area contributed by atoms with E-state index in [1.165, 1.54) is 43.0 Å². The second-order valence-electron chi connectivity index (χ2n) is 3.85. The molecule has 0 saturated carbocycles. The van der Waals surface area contributed by atoms with Gasteiger partial charge < -0.3 is 5.32 Å². The highest BCUT2D eigenvalue weighted by atomic mass is 32.1. The largest absolute Gasteiger partial charge is 0.305 e. The zero-order valence-corrected chi connectivity index (χ0v) is 9.89. The van der Waals surface area contributed by atoms with Crippen molar-refractivity contribution in [3.8, 4) is 0 Å². The van der Waals surface area contributed by atoms with E-state index in [0.29, 0.717) is 6.04 Å². The monoisotopic (exact) mass is 223 g/mol. The van der Waals surface area contributed by atoms with Gasteiger partial charge in [0.1, 0.15) is 0 Å². The zero-order chi connectivity index (χ0) is 10.5. The minimum absolute atomic E-state index is 0.300. The predicted molar refractivity (Wildman–Crippen MR) is 62.9 cm³/mol. The summed E-state index contributed by atoms with van der Waals surface area (Å²) in [5, 5.41) is 3.49. The SMILES string of the molecule is CCNC(C1=CCCCC1)c1cnsn1. The topological polar surface area (TPSA) is 37.8 Å². The Morgan fingerprint density at radius 1 is 1.53 bits per heavy atom. The molecule has 0 fully saturated rings. The minimum atomic E-state index is 0.300. The van der Waals surface area contributed by atoms with Gasteiger partial charge in [-0.2, -0.15) is 8.75 Å². The molecule has 1 aliphatic rings. The van der Waals surface area contributed by atoms with Crippen LogP contribution in [0, 0.1) is 0 Å². The van der Waals surface area contributed by atoms with Crippen LogP contribution in [-0.4, -0.2) is 15.3 Å². The van der Waals surface area contributed by atoms with Crippen LogP contribution in [0.25, 0.3) is 0 Å². The molecule has 15 heavy (non-hydrogen) atoms. The van der Waals surface area contributed by atoms with Gasteiger partial charge in [-0.15, -0.1) is 0 Å². The van der Waals surface area contributed by atoms with Gasteiger partial charge in [0.2, 0.25) is 0 Å². The van der Waals surface area contributed by atoms with Crippen LogP contribution in [0.2, 0.25) is 0 Å². The maximum absolute atomic E-state index is 4.34. The average Bonchev–Trinajstić information content (AvgIpc) is 2.80. The second kappa shape index (κ2) is 5.37. The van der Waals surface area contributed by atoms with Gasteiger partial charge in [0.15, 0.2) is 0 Å². The van der Waals surface area contributed by atoms with Gasteiger partial charge in [-0.3, -0.25) is 0 Å². The Labute approximate surface area is 94.9 Å². The van der Waals surface area contributed by atoms with Crippen LogP contribution in [0.15, 0.2) is 17.8 Å². The molecule has 0 radical (unpaired) electrons. The lowest BCUT2D eigenvalue weighted by Crippen LogP contribution is -2.23. The highest BCUT2D eigenvalue weighted by Gasteiger charge is 2.19. The minimum Gasteiger partial charge on any atom is -0.305 e. The smallest absolute Gasteiger partial charge is 0.0954 e. The summed E-state index contributed by atoms with van der Waals surface area (Å²) in [6.07, 6.45) is 9.32. The molecule has 1 aromatic heterocycles. The molecule has 3 nitrogen and oxygen atoms in total. The van der Waals surface area contributed by atoms with Gasteiger partial charge in [-0.25, -0.2) is 0 Å². The number of nitrogens with one attached hydrogen (secondary N) is 1. The van der Waals surface area contributed by atoms with E-state index in [0.717, 1.165) is 12.2 Å². The molecule has 82 valence electrons. The summed E-state index contributed by atoms with van der Waals surface area (Å²) in [5.41, 5.74) is 2.57. The van der Waals surface area contributed by atoms with Gasteiger partial charge in [0.25, 0.3) is 0 Å². The predicted octanol–water partition coefficient (Wildman–Crippen LogP) is 2.69. The standard InChI is InChI=1S/C11H17N3S/c1-2-12-11(10-8-13-15-14-10)9-6-4-3-5-7-9/h6,8,11-12H,2-5,7H2,1H3. The fourth-order valence-electron chi connectivity index (χ4n) is 2.05. The molecular formula is C11H17N3S. The maximum atomic E-state index is 4.34. The third-order valence-electron chi connectivity index (χ3n) is 2.78. The van der Waals surface area contributed by atoms with Crippen molar-refractivity contribution in [2.45, 2.75) is 38.6 Å². The first-order valence-electron chi connectivity index (χ1n) is 5.61. The first-order valence-corrected chi connectivity index (χ1v) is 6.34. The molecule has 1 unspecified atom stereocenters. The molecule has 0 aliphatic heterocycles. The van der Waals surface area contributed by atoms with Gasteiger partial charge >= 0.3 is 0 Å². The molecule has 0 aromatic carbocycles. The van der Waals surface area contributed by atoms with Gasteiger partial charge in [-0.1, -0.05) is 18.6 Å². The van der Waals surface area contributed by atoms with Gasteiger partial charge in [-0.05, 0) is 32.2 Å². The number of rotatable bonds is 4. The van der Waals surface area contributed by atoms with Crippen molar-refractivity contribution in [3.05, 3.63) is 23.5 Å². The lowest BCUT2D eigenvalue weighted by molar-refractivity contribution is 0.556. The molecule has 0 amide bonds. The Kier molecular flexibility index (Phi) is 3.86. The lowest BCUT2D eigenvalue weighted by Gasteiger charge is -2.22. The second-order valence-corrected chi connectivity index (χ2v) is 4.40. The Hall–Kier alpha value is -0.740. The summed E-state index contributed by atoms with van der Waals surface area (Å²) in [6.45, 7) is 3.11. The molecular weight excluding hydrogens is 206 g/mol. The van der Waals surface area contributed by atoms with Crippen molar-refractivity contribution in [1.82, 2.24) is 14.1 Å². The fourth-order valence-corrected chi connectivity index (χ4v) is 2.50. The number of nitrogens with zero attached hydrogens (tertiary/aromatic N) is 2. The molecule has 0 bridgehead atoms. The van der Waals surface area contributed by atoms with E-state index in [-0.39, 0.29) is 0 Å². The van der Waals surface area contributed by atoms with Crippen LogP contribution >= 0.6 is 11.7 Å². The van der Waals surface area contributed by atoms with Crippen molar-refractivity contribution >= 4 is 11.7 Å². The van der Waals surface area contributed by atoms with E-state index in [1.807, 2.05) is 6.20 Å². The van der Waals surface area contributed by atoms with E-state index < -0.39 is 0 Å². The van der Waals surface area contributed by atoms with E-state index in [9.17, 15) is 0 Å². The molecule has 1 N–H and O–H groups in total. The van der Waals surface area contributed by atoms with Crippen molar-refractivity contribution in [3.63, 3.8) is 0 Å². The number of aromatic nitrogens is 2. The van der Waals surface area contributed by atoms with Crippen LogP contribution < -0.4 is 5.32 Å². The summed E-state index contributed by atoms with van der Waals surface area (Å²) >= 11 is 1.29. The highest BCUT2D eigenvalue weighted by Crippen LogP contribution is 2.28. The van der Waals surface area contributed by atoms with Crippen LogP contribution in [-0.2, 0) is 0 Å². The Balaban J connectivity index is 2.15. The third kappa shape index (κ3) is 2.63. The molecule has 4 heteroatoms. The molecule has 0 saturated heterocycles. The van der Waals surface area contributed by atoms with Crippen LogP contribution in [0.5, 0.6) is 0 Å². The van der Waals surface area contributed by atoms with Crippen LogP contribution in [0.3, 0.4) is 0 Å². The number of hydrogen-bond donors (Lipinski definition) is 1. The Morgan fingerprint density at radius 3 is 3.07 bits per heavy atom. The van der Waals surface area contributed by atoms with Crippen LogP contribution in [0.1, 0.15) is 44.3 Å². The summed E-state index contributed by atoms with van der Waals surface area (Å²) in [4.78, 5) is 0. The Morgan fingerprint density at radius 2 is 2.47 bits per heavy atom. The molecule has 0 spiro atoms. The first kappa shape index (κ1) is 10.8. The quantitative estimate of drug-likeness (QED) is 0.797. The molecule has 1 aromatic rings. The summed E-state index contributed by atoms with van der Waals surface area (Å²) in [6, 6.07) is 0.300. The Bertz CT molecular complexity index is 319. The van der Waals surface area contributed by atoms with Crippen molar-refractivity contribution in [2.24, 2.45) is 0 Å². The summed E-state index contributed by atoms with van der Waals surface area (Å²) in [7, 11) is 0.